The first-order valence-electron chi connectivity index (χ1n) is 42.8. The van der Waals surface area contributed by atoms with Crippen molar-refractivity contribution in [1.82, 2.24) is 10.6 Å². The molecule has 10 N–H and O–H groups in total. The Morgan fingerprint density at radius 1 is 0.292 bits per heavy atom. The van der Waals surface area contributed by atoms with E-state index in [1.807, 2.05) is 18.2 Å². The second kappa shape index (κ2) is 87.6. The number of nitrogens with two attached hydrogens (primary N) is 1. The van der Waals surface area contributed by atoms with Gasteiger partial charge in [-0.3, -0.25) is 4.79 Å². The summed E-state index contributed by atoms with van der Waals surface area (Å²) in [5.41, 5.74) is 5.51. The molecule has 10 heteroatoms. The van der Waals surface area contributed by atoms with Crippen LogP contribution in [0.2, 0.25) is 0 Å². The number of aliphatic hydroxyl groups excluding tert-OH is 6. The van der Waals surface area contributed by atoms with Crippen molar-refractivity contribution in [2.45, 2.75) is 482 Å². The fourth-order valence-electron chi connectivity index (χ4n) is 12.7. The first-order valence-corrected chi connectivity index (χ1v) is 42.8. The molecule has 0 heterocycles. The van der Waals surface area contributed by atoms with E-state index < -0.39 is 30.4 Å². The highest BCUT2D eigenvalue weighted by Gasteiger charge is 2.18. The van der Waals surface area contributed by atoms with Crippen LogP contribution in [-0.2, 0) is 4.79 Å². The molecule has 0 unspecified atom stereocenters. The van der Waals surface area contributed by atoms with E-state index in [1.54, 1.807) is 12.2 Å². The van der Waals surface area contributed by atoms with Gasteiger partial charge in [0, 0.05) is 6.42 Å². The van der Waals surface area contributed by atoms with Gasteiger partial charge in [-0.15, -0.1) is 0 Å². The fraction of sp³-hybridized carbons (Fsp3) is 0.919. The van der Waals surface area contributed by atoms with Crippen LogP contribution in [-0.4, -0.2) is 99.3 Å². The molecule has 0 rings (SSSR count). The van der Waals surface area contributed by atoms with Crippen molar-refractivity contribution < 1.29 is 35.4 Å². The number of amides is 1. The van der Waals surface area contributed by atoms with Crippen molar-refractivity contribution in [3.05, 3.63) is 36.5 Å². The first kappa shape index (κ1) is 98.5. The highest BCUT2D eigenvalue weighted by molar-refractivity contribution is 5.76. The highest BCUT2D eigenvalue weighted by Crippen LogP contribution is 2.19. The maximum atomic E-state index is 12.2. The number of hydrogen-bond acceptors (Lipinski definition) is 9. The van der Waals surface area contributed by atoms with E-state index in [9.17, 15) is 30.3 Å². The number of aliphatic hydroxyl groups is 6. The second-order valence-electron chi connectivity index (χ2n) is 29.3. The lowest BCUT2D eigenvalue weighted by Gasteiger charge is -2.20. The van der Waals surface area contributed by atoms with Crippen LogP contribution in [0.1, 0.15) is 446 Å². The summed E-state index contributed by atoms with van der Waals surface area (Å²) in [4.78, 5) is 12.2. The number of hydrogen-bond donors (Lipinski definition) is 9. The topological polar surface area (TPSA) is 189 Å². The van der Waals surface area contributed by atoms with Crippen molar-refractivity contribution in [3.63, 3.8) is 0 Å². The molecular weight excluding hydrogens is 1190 g/mol. The minimum Gasteiger partial charge on any atom is -0.395 e. The van der Waals surface area contributed by atoms with Crippen LogP contribution in [0.25, 0.3) is 0 Å². The van der Waals surface area contributed by atoms with Gasteiger partial charge in [-0.1, -0.05) is 424 Å². The summed E-state index contributed by atoms with van der Waals surface area (Å²) in [5.74, 6) is -0.0649. The van der Waals surface area contributed by atoms with Gasteiger partial charge in [-0.25, -0.2) is 0 Å². The van der Waals surface area contributed by atoms with Gasteiger partial charge in [-0.2, -0.15) is 0 Å². The summed E-state index contributed by atoms with van der Waals surface area (Å²) in [6, 6.07) is -1.41. The van der Waals surface area contributed by atoms with Gasteiger partial charge in [0.15, 0.2) is 0 Å². The smallest absolute Gasteiger partial charge is 0.220 e. The number of allylic oxidation sites excluding steroid dienone is 3. The molecule has 0 fully saturated rings. The van der Waals surface area contributed by atoms with Crippen molar-refractivity contribution in [3.8, 4) is 0 Å². The van der Waals surface area contributed by atoms with Crippen LogP contribution in [0.5, 0.6) is 0 Å². The van der Waals surface area contributed by atoms with E-state index in [-0.39, 0.29) is 31.8 Å². The number of carbonyl (C=O) groups is 1. The molecule has 0 saturated heterocycles. The summed E-state index contributed by atoms with van der Waals surface area (Å²) in [6.45, 7) is 11.8. The fourth-order valence-corrected chi connectivity index (χ4v) is 12.7. The molecule has 0 aliphatic rings. The van der Waals surface area contributed by atoms with Crippen molar-refractivity contribution in [2.75, 3.05) is 26.4 Å². The third-order valence-corrected chi connectivity index (χ3v) is 19.6. The van der Waals surface area contributed by atoms with Gasteiger partial charge >= 0.3 is 0 Å². The molecule has 96 heavy (non-hydrogen) atoms. The molecule has 0 aliphatic heterocycles. The van der Waals surface area contributed by atoms with E-state index in [4.69, 9.17) is 10.8 Å². The minimum absolute atomic E-state index is 0.0114. The Kier molecular flexibility index (Phi) is 89.9. The van der Waals surface area contributed by atoms with Crippen molar-refractivity contribution in [2.24, 2.45) is 5.73 Å². The standard InChI is InChI=1S/C34H67NO3.C34H69NO2.C18H37NO2/c1-3-5-7-9-11-13-15-17-19-21-23-25-27-29-33(37)32(31-36)35-34(38)30-28-26-24-22-20-18-16-14-12-10-8-6-4-2;1-3-5-7-9-11-13-15-17-19-21-23-25-27-29-31-35-33(32-36)34(37)30-28-26-24-22-20-18-16-14-12-10-8-6-4-2;1-2-3-4-5-6-7-8-9-10-11-12-13-14-15-18(21)17(19)16-20/h27,29,32-33,36-37H,3-26,28,30-31H2,1-2H3,(H,35,38);28,30,33-37H,3-27,29,31-32H2,1-2H3;14-15,17-18,20-21H,2-13,16,19H2,1H3/b29-27+;30-28+;15-14+/t32-,33+;33-,34+;17-,18+/m000/s1. The third-order valence-electron chi connectivity index (χ3n) is 19.6. The summed E-state index contributed by atoms with van der Waals surface area (Å²) in [5, 5.41) is 64.5. The molecule has 0 saturated carbocycles. The van der Waals surface area contributed by atoms with Crippen LogP contribution in [0, 0.1) is 0 Å². The lowest BCUT2D eigenvalue weighted by molar-refractivity contribution is -0.123. The third kappa shape index (κ3) is 81.3. The van der Waals surface area contributed by atoms with Gasteiger partial charge in [-0.05, 0) is 57.9 Å². The summed E-state index contributed by atoms with van der Waals surface area (Å²) < 4.78 is 0. The first-order chi connectivity index (χ1) is 47.1. The van der Waals surface area contributed by atoms with Crippen LogP contribution in [0.3, 0.4) is 0 Å². The van der Waals surface area contributed by atoms with Crippen molar-refractivity contribution >= 4 is 5.91 Å². The largest absolute Gasteiger partial charge is 0.395 e. The maximum Gasteiger partial charge on any atom is 0.220 e. The molecule has 1 amide bonds. The van der Waals surface area contributed by atoms with E-state index >= 15 is 0 Å². The molecule has 0 aromatic heterocycles. The Bertz CT molecular complexity index is 1510. The predicted molar refractivity (Wildman–Crippen MR) is 422 cm³/mol. The van der Waals surface area contributed by atoms with Gasteiger partial charge in [0.2, 0.25) is 5.91 Å². The molecule has 0 radical (unpaired) electrons. The molecule has 574 valence electrons. The maximum absolute atomic E-state index is 12.2. The quantitative estimate of drug-likeness (QED) is 0.0211. The van der Waals surface area contributed by atoms with Crippen molar-refractivity contribution in [1.29, 1.82) is 0 Å². The van der Waals surface area contributed by atoms with Gasteiger partial charge in [0.25, 0.3) is 0 Å². The van der Waals surface area contributed by atoms with Crippen LogP contribution >= 0.6 is 0 Å². The molecule has 10 nitrogen and oxygen atoms in total. The van der Waals surface area contributed by atoms with E-state index in [1.165, 1.54) is 360 Å². The molecule has 0 aromatic rings. The molecule has 0 spiro atoms. The molecule has 0 aromatic carbocycles. The number of rotatable bonds is 76. The lowest BCUT2D eigenvalue weighted by atomic mass is 10.0. The van der Waals surface area contributed by atoms with E-state index in [0.717, 1.165) is 51.5 Å². The zero-order chi connectivity index (χ0) is 70.8. The van der Waals surface area contributed by atoms with Crippen LogP contribution in [0.15, 0.2) is 36.5 Å². The molecule has 0 aliphatic carbocycles. The van der Waals surface area contributed by atoms with E-state index in [2.05, 4.69) is 51.3 Å². The predicted octanol–water partition coefficient (Wildman–Crippen LogP) is 23.5. The number of carbonyl (C=O) groups excluding carboxylic acids is 1. The highest BCUT2D eigenvalue weighted by atomic mass is 16.3. The zero-order valence-electron chi connectivity index (χ0n) is 65.2. The summed E-state index contributed by atoms with van der Waals surface area (Å²) in [6.07, 6.45) is 93.1. The second-order valence-corrected chi connectivity index (χ2v) is 29.3. The average molecular weight is 1360 g/mol. The SMILES string of the molecule is CCCCCCCCCCCCC/C=C/[C@@H](O)[C@@H](N)CO.CCCCCCCCCCCCC/C=C/[C@@H](O)[C@H](CO)NC(=O)CCCCCCCCCCCCCCC.CCCCCCCCCCCCC/C=C/[C@@H](O)[C@H](CO)NCCCCCCCCCCCCCCCC. The number of nitrogens with one attached hydrogen (secondary N) is 2. The average Bonchev–Trinajstić information content (AvgIpc) is 2.73. The Balaban J connectivity index is -0.00000141. The minimum atomic E-state index is -0.830. The molecular formula is C86H173N3O7. The Hall–Kier alpha value is -1.63. The van der Waals surface area contributed by atoms with Crippen LogP contribution < -0.4 is 16.4 Å². The summed E-state index contributed by atoms with van der Waals surface area (Å²) in [7, 11) is 0. The van der Waals surface area contributed by atoms with Crippen LogP contribution in [0.4, 0.5) is 0 Å². The molecule has 6 atom stereocenters. The zero-order valence-corrected chi connectivity index (χ0v) is 65.2. The Morgan fingerprint density at radius 3 is 0.760 bits per heavy atom. The van der Waals surface area contributed by atoms with Gasteiger partial charge in [0.05, 0.1) is 56.3 Å². The van der Waals surface area contributed by atoms with Gasteiger partial charge in [0.1, 0.15) is 0 Å². The Morgan fingerprint density at radius 2 is 0.510 bits per heavy atom. The van der Waals surface area contributed by atoms with Gasteiger partial charge < -0.3 is 47.0 Å². The normalized spacial score (nSPS) is 13.7. The summed E-state index contributed by atoms with van der Waals surface area (Å²) >= 11 is 0. The Labute approximate surface area is 599 Å². The van der Waals surface area contributed by atoms with E-state index in [0.29, 0.717) is 6.42 Å². The molecule has 0 bridgehead atoms. The monoisotopic (exact) mass is 1360 g/mol. The number of unbranched alkanes of at least 4 members (excludes halogenated alkanes) is 58. The lowest BCUT2D eigenvalue weighted by Crippen LogP contribution is -2.45.